The first-order chi connectivity index (χ1) is 15.6. The maximum Gasteiger partial charge on any atom is 0.242 e. The molecular weight excluding hydrogens is 418 g/mol. The molecule has 1 saturated heterocycles. The van der Waals surface area contributed by atoms with Crippen molar-refractivity contribution in [1.29, 1.82) is 10.5 Å². The first-order valence-electron chi connectivity index (χ1n) is 11.5. The van der Waals surface area contributed by atoms with E-state index < -0.39 is 0 Å². The average Bonchev–Trinajstić information content (AvgIpc) is 3.01. The number of nitriles is 2. The summed E-state index contributed by atoms with van der Waals surface area (Å²) in [4.78, 5) is 18.9. The number of hydrogen-bond acceptors (Lipinski definition) is 6. The Bertz CT molecular complexity index is 1050. The molecule has 1 aromatic heterocycles. The van der Waals surface area contributed by atoms with E-state index in [4.69, 9.17) is 5.26 Å². The van der Waals surface area contributed by atoms with Crippen LogP contribution in [0.1, 0.15) is 54.2 Å². The van der Waals surface area contributed by atoms with Gasteiger partial charge in [-0.2, -0.15) is 10.5 Å². The Morgan fingerprint density at radius 2 is 1.78 bits per heavy atom. The molecule has 0 spiro atoms. The van der Waals surface area contributed by atoms with Crippen LogP contribution in [0.4, 0.5) is 10.7 Å². The Morgan fingerprint density at radius 1 is 1.00 bits per heavy atom. The van der Waals surface area contributed by atoms with Gasteiger partial charge in [0.25, 0.3) is 0 Å². The quantitative estimate of drug-likeness (QED) is 0.707. The smallest absolute Gasteiger partial charge is 0.242 e. The van der Waals surface area contributed by atoms with Gasteiger partial charge in [-0.25, -0.2) is 0 Å². The molecule has 1 N–H and O–H groups in total. The molecule has 1 aliphatic carbocycles. The van der Waals surface area contributed by atoms with Crippen LogP contribution in [0.15, 0.2) is 24.3 Å². The Hall–Kier alpha value is -2.87. The molecule has 1 amide bonds. The normalized spacial score (nSPS) is 17.9. The zero-order valence-electron chi connectivity index (χ0n) is 18.6. The van der Waals surface area contributed by atoms with Gasteiger partial charge in [-0.3, -0.25) is 9.69 Å². The number of fused-ring (bicyclic) bond motifs is 1. The summed E-state index contributed by atoms with van der Waals surface area (Å²) in [5.41, 5.74) is 3.61. The predicted octanol–water partition coefficient (Wildman–Crippen LogP) is 4.30. The summed E-state index contributed by atoms with van der Waals surface area (Å²) in [5, 5.41) is 22.6. The molecule has 1 atom stereocenters. The molecule has 1 unspecified atom stereocenters. The molecule has 1 aliphatic heterocycles. The molecule has 1 aromatic carbocycles. The standard InChI is InChI=1S/C25H29N5OS/c1-18(24(31)28-25-22(17-27)21-6-3-2-4-7-23(21)32-25)29-12-5-13-30(15-14-29)20-10-8-19(16-26)9-11-20/h8-11,18H,2-7,12-15H2,1H3,(H,28,31). The Morgan fingerprint density at radius 3 is 2.53 bits per heavy atom. The minimum atomic E-state index is -0.260. The Labute approximate surface area is 194 Å². The third-order valence-corrected chi connectivity index (χ3v) is 7.80. The lowest BCUT2D eigenvalue weighted by Crippen LogP contribution is -2.43. The van der Waals surface area contributed by atoms with E-state index in [0.29, 0.717) is 11.1 Å². The lowest BCUT2D eigenvalue weighted by molar-refractivity contribution is -0.120. The van der Waals surface area contributed by atoms with Gasteiger partial charge in [-0.1, -0.05) is 6.42 Å². The fraction of sp³-hybridized carbons (Fsp3) is 0.480. The molecule has 1 fully saturated rings. The number of nitrogens with one attached hydrogen (secondary N) is 1. The van der Waals surface area contributed by atoms with E-state index in [-0.39, 0.29) is 11.9 Å². The van der Waals surface area contributed by atoms with E-state index in [1.807, 2.05) is 31.2 Å². The van der Waals surface area contributed by atoms with Gasteiger partial charge < -0.3 is 10.2 Å². The first kappa shape index (κ1) is 22.3. The Balaban J connectivity index is 1.40. The van der Waals surface area contributed by atoms with Crippen molar-refractivity contribution in [2.45, 2.75) is 51.5 Å². The fourth-order valence-corrected chi connectivity index (χ4v) is 5.90. The maximum absolute atomic E-state index is 13.1. The predicted molar refractivity (Wildman–Crippen MR) is 128 cm³/mol. The highest BCUT2D eigenvalue weighted by molar-refractivity contribution is 7.16. The minimum absolute atomic E-state index is 0.0373. The van der Waals surface area contributed by atoms with Gasteiger partial charge in [0.15, 0.2) is 0 Å². The maximum atomic E-state index is 13.1. The number of benzene rings is 1. The Kier molecular flexibility index (Phi) is 7.09. The van der Waals surface area contributed by atoms with E-state index in [1.165, 1.54) is 11.3 Å². The number of rotatable bonds is 4. The van der Waals surface area contributed by atoms with Gasteiger partial charge in [0, 0.05) is 36.7 Å². The molecule has 0 saturated carbocycles. The number of carbonyl (C=O) groups excluding carboxylic acids is 1. The molecule has 0 bridgehead atoms. The molecule has 0 radical (unpaired) electrons. The van der Waals surface area contributed by atoms with Crippen LogP contribution in [-0.4, -0.2) is 43.0 Å². The summed E-state index contributed by atoms with van der Waals surface area (Å²) in [5.74, 6) is -0.0373. The van der Waals surface area contributed by atoms with Crippen LogP contribution in [0, 0.1) is 22.7 Å². The third kappa shape index (κ3) is 4.80. The molecule has 6 nitrogen and oxygen atoms in total. The number of carbonyl (C=O) groups is 1. The van der Waals surface area contributed by atoms with Gasteiger partial charge >= 0.3 is 0 Å². The molecule has 4 rings (SSSR count). The van der Waals surface area contributed by atoms with Gasteiger partial charge in [0.05, 0.1) is 23.2 Å². The van der Waals surface area contributed by atoms with Crippen molar-refractivity contribution in [2.75, 3.05) is 36.4 Å². The molecule has 2 heterocycles. The lowest BCUT2D eigenvalue weighted by atomic mass is 10.1. The lowest BCUT2D eigenvalue weighted by Gasteiger charge is -2.27. The zero-order chi connectivity index (χ0) is 22.5. The summed E-state index contributed by atoms with van der Waals surface area (Å²) in [6, 6.07) is 11.9. The summed E-state index contributed by atoms with van der Waals surface area (Å²) in [6.07, 6.45) is 6.40. The van der Waals surface area contributed by atoms with E-state index in [1.54, 1.807) is 11.3 Å². The zero-order valence-corrected chi connectivity index (χ0v) is 19.4. The second-order valence-electron chi connectivity index (χ2n) is 8.58. The summed E-state index contributed by atoms with van der Waals surface area (Å²) in [7, 11) is 0. The van der Waals surface area contributed by atoms with Crippen LogP contribution in [-0.2, 0) is 17.6 Å². The van der Waals surface area contributed by atoms with Crippen LogP contribution in [0.25, 0.3) is 0 Å². The highest BCUT2D eigenvalue weighted by atomic mass is 32.1. The van der Waals surface area contributed by atoms with Crippen LogP contribution in [0.2, 0.25) is 0 Å². The monoisotopic (exact) mass is 447 g/mol. The average molecular weight is 448 g/mol. The van der Waals surface area contributed by atoms with Crippen molar-refractivity contribution in [1.82, 2.24) is 4.90 Å². The number of thiophene rings is 1. The van der Waals surface area contributed by atoms with E-state index >= 15 is 0 Å². The van der Waals surface area contributed by atoms with Crippen LogP contribution in [0.5, 0.6) is 0 Å². The summed E-state index contributed by atoms with van der Waals surface area (Å²) >= 11 is 1.59. The van der Waals surface area contributed by atoms with Crippen molar-refractivity contribution in [3.63, 3.8) is 0 Å². The second-order valence-corrected chi connectivity index (χ2v) is 9.69. The third-order valence-electron chi connectivity index (χ3n) is 6.59. The summed E-state index contributed by atoms with van der Waals surface area (Å²) in [6.45, 7) is 5.36. The van der Waals surface area contributed by atoms with Crippen molar-refractivity contribution < 1.29 is 4.79 Å². The van der Waals surface area contributed by atoms with Gasteiger partial charge in [0.1, 0.15) is 11.1 Å². The molecule has 2 aliphatic rings. The largest absolute Gasteiger partial charge is 0.370 e. The SMILES string of the molecule is CC(C(=O)Nc1sc2c(c1C#N)CCCCC2)N1CCCN(c2ccc(C#N)cc2)CC1. The van der Waals surface area contributed by atoms with Crippen molar-refractivity contribution in [2.24, 2.45) is 0 Å². The number of hydrogen-bond donors (Lipinski definition) is 1. The number of amides is 1. The topological polar surface area (TPSA) is 83.2 Å². The van der Waals surface area contributed by atoms with Gasteiger partial charge in [0.2, 0.25) is 5.91 Å². The van der Waals surface area contributed by atoms with Crippen LogP contribution >= 0.6 is 11.3 Å². The van der Waals surface area contributed by atoms with Gasteiger partial charge in [-0.15, -0.1) is 11.3 Å². The molecule has 32 heavy (non-hydrogen) atoms. The van der Waals surface area contributed by atoms with Crippen molar-refractivity contribution in [3.8, 4) is 12.1 Å². The van der Waals surface area contributed by atoms with Gasteiger partial charge in [-0.05, 0) is 68.9 Å². The van der Waals surface area contributed by atoms with E-state index in [9.17, 15) is 10.1 Å². The fourth-order valence-electron chi connectivity index (χ4n) is 4.66. The molecular formula is C25H29N5OS. The number of aryl methyl sites for hydroxylation is 1. The van der Waals surface area contributed by atoms with Crippen molar-refractivity contribution >= 4 is 27.9 Å². The van der Waals surface area contributed by atoms with E-state index in [0.717, 1.165) is 74.5 Å². The minimum Gasteiger partial charge on any atom is -0.370 e. The number of anilines is 2. The highest BCUT2D eigenvalue weighted by Crippen LogP contribution is 2.37. The highest BCUT2D eigenvalue weighted by Gasteiger charge is 2.27. The van der Waals surface area contributed by atoms with E-state index in [2.05, 4.69) is 27.3 Å². The first-order valence-corrected chi connectivity index (χ1v) is 12.3. The summed E-state index contributed by atoms with van der Waals surface area (Å²) < 4.78 is 0. The number of nitrogens with zero attached hydrogens (tertiary/aromatic N) is 4. The molecule has 166 valence electrons. The van der Waals surface area contributed by atoms with Crippen molar-refractivity contribution in [3.05, 3.63) is 45.8 Å². The van der Waals surface area contributed by atoms with Crippen LogP contribution in [0.3, 0.4) is 0 Å². The molecule has 2 aromatic rings. The van der Waals surface area contributed by atoms with Crippen LogP contribution < -0.4 is 10.2 Å². The second kappa shape index (κ2) is 10.2. The molecule has 7 heteroatoms.